The lowest BCUT2D eigenvalue weighted by Crippen LogP contribution is -2.26. The van der Waals surface area contributed by atoms with Gasteiger partial charge in [0, 0.05) is 19.7 Å². The molecule has 19 heavy (non-hydrogen) atoms. The van der Waals surface area contributed by atoms with Gasteiger partial charge >= 0.3 is 0 Å². The van der Waals surface area contributed by atoms with Crippen molar-refractivity contribution in [3.8, 4) is 11.5 Å². The quantitative estimate of drug-likeness (QED) is 0.816. The molecular weight excluding hydrogens is 242 g/mol. The van der Waals surface area contributed by atoms with Crippen LogP contribution >= 0.6 is 0 Å². The van der Waals surface area contributed by atoms with E-state index in [0.717, 1.165) is 37.6 Å². The molecule has 0 aliphatic carbocycles. The monoisotopic (exact) mass is 265 g/mol. The second-order valence-electron chi connectivity index (χ2n) is 4.99. The number of aliphatic hydroxyl groups is 1. The van der Waals surface area contributed by atoms with Crippen LogP contribution in [-0.4, -0.2) is 50.0 Å². The van der Waals surface area contributed by atoms with Gasteiger partial charge in [-0.15, -0.1) is 0 Å². The van der Waals surface area contributed by atoms with Crippen LogP contribution in [0.15, 0.2) is 24.3 Å². The normalized spacial score (nSPS) is 19.6. The Labute approximate surface area is 114 Å². The van der Waals surface area contributed by atoms with Crippen LogP contribution in [-0.2, 0) is 0 Å². The van der Waals surface area contributed by atoms with Crippen LogP contribution in [0.2, 0.25) is 0 Å². The van der Waals surface area contributed by atoms with Gasteiger partial charge in [-0.3, -0.25) is 4.90 Å². The van der Waals surface area contributed by atoms with Gasteiger partial charge in [0.1, 0.15) is 18.1 Å². The molecule has 0 aromatic heterocycles. The number of rotatable bonds is 7. The van der Waals surface area contributed by atoms with Crippen molar-refractivity contribution in [3.63, 3.8) is 0 Å². The van der Waals surface area contributed by atoms with Gasteiger partial charge in [0.15, 0.2) is 0 Å². The van der Waals surface area contributed by atoms with Crippen molar-refractivity contribution in [2.45, 2.75) is 12.8 Å². The lowest BCUT2D eigenvalue weighted by molar-refractivity contribution is 0.222. The summed E-state index contributed by atoms with van der Waals surface area (Å²) in [5.74, 6) is 2.39. The summed E-state index contributed by atoms with van der Waals surface area (Å²) in [7, 11) is 1.66. The Morgan fingerprint density at radius 1 is 1.26 bits per heavy atom. The van der Waals surface area contributed by atoms with Gasteiger partial charge in [-0.05, 0) is 49.6 Å². The number of nitrogens with zero attached hydrogens (tertiary/aromatic N) is 1. The number of hydrogen-bond acceptors (Lipinski definition) is 4. The molecule has 1 aromatic carbocycles. The van der Waals surface area contributed by atoms with Crippen LogP contribution in [0.3, 0.4) is 0 Å². The van der Waals surface area contributed by atoms with E-state index in [0.29, 0.717) is 19.1 Å². The van der Waals surface area contributed by atoms with E-state index in [1.165, 1.54) is 6.42 Å². The minimum absolute atomic E-state index is 0.306. The maximum atomic E-state index is 8.93. The maximum Gasteiger partial charge on any atom is 0.119 e. The third-order valence-electron chi connectivity index (χ3n) is 3.64. The average Bonchev–Trinajstić information content (AvgIpc) is 2.88. The predicted molar refractivity (Wildman–Crippen MR) is 74.7 cm³/mol. The van der Waals surface area contributed by atoms with Crippen LogP contribution < -0.4 is 9.47 Å². The van der Waals surface area contributed by atoms with Crippen molar-refractivity contribution >= 4 is 0 Å². The summed E-state index contributed by atoms with van der Waals surface area (Å²) >= 11 is 0. The van der Waals surface area contributed by atoms with Gasteiger partial charge in [-0.25, -0.2) is 0 Å². The third kappa shape index (κ3) is 4.40. The zero-order chi connectivity index (χ0) is 13.5. The molecule has 1 saturated heterocycles. The molecule has 1 unspecified atom stereocenters. The fourth-order valence-electron chi connectivity index (χ4n) is 2.50. The Hall–Kier alpha value is -1.26. The van der Waals surface area contributed by atoms with E-state index in [-0.39, 0.29) is 0 Å². The molecule has 4 heteroatoms. The van der Waals surface area contributed by atoms with E-state index >= 15 is 0 Å². The van der Waals surface area contributed by atoms with Crippen molar-refractivity contribution in [1.29, 1.82) is 0 Å². The summed E-state index contributed by atoms with van der Waals surface area (Å²) < 4.78 is 10.8. The van der Waals surface area contributed by atoms with E-state index in [1.807, 2.05) is 24.3 Å². The smallest absolute Gasteiger partial charge is 0.119 e. The van der Waals surface area contributed by atoms with Gasteiger partial charge in [0.25, 0.3) is 0 Å². The minimum atomic E-state index is 0.306. The van der Waals surface area contributed by atoms with Gasteiger partial charge in [0.05, 0.1) is 7.11 Å². The Morgan fingerprint density at radius 3 is 2.68 bits per heavy atom. The van der Waals surface area contributed by atoms with E-state index in [9.17, 15) is 0 Å². The lowest BCUT2D eigenvalue weighted by atomic mass is 10.1. The van der Waals surface area contributed by atoms with Crippen molar-refractivity contribution in [2.75, 3.05) is 40.0 Å². The molecule has 0 spiro atoms. The highest BCUT2D eigenvalue weighted by molar-refractivity contribution is 5.31. The Bertz CT molecular complexity index is 366. The molecule has 1 aliphatic heterocycles. The predicted octanol–water partition coefficient (Wildman–Crippen LogP) is 1.78. The first kappa shape index (κ1) is 14.2. The molecule has 0 bridgehead atoms. The lowest BCUT2D eigenvalue weighted by Gasteiger charge is -2.16. The summed E-state index contributed by atoms with van der Waals surface area (Å²) in [4.78, 5) is 2.41. The van der Waals surface area contributed by atoms with Crippen LogP contribution in [0.1, 0.15) is 12.8 Å². The molecule has 1 atom stereocenters. The van der Waals surface area contributed by atoms with Crippen LogP contribution in [0, 0.1) is 5.92 Å². The fourth-order valence-corrected chi connectivity index (χ4v) is 2.50. The minimum Gasteiger partial charge on any atom is -0.497 e. The molecular formula is C15H23NO3. The third-order valence-corrected chi connectivity index (χ3v) is 3.64. The van der Waals surface area contributed by atoms with E-state index < -0.39 is 0 Å². The summed E-state index contributed by atoms with van der Waals surface area (Å²) in [6.07, 6.45) is 2.12. The number of likely N-dealkylation sites (tertiary alicyclic amines) is 1. The summed E-state index contributed by atoms with van der Waals surface area (Å²) in [6, 6.07) is 7.67. The largest absolute Gasteiger partial charge is 0.497 e. The SMILES string of the molecule is COc1ccc(OCCN2CCC(CCO)C2)cc1. The average molecular weight is 265 g/mol. The van der Waals surface area contributed by atoms with E-state index in [4.69, 9.17) is 14.6 Å². The molecule has 4 nitrogen and oxygen atoms in total. The highest BCUT2D eigenvalue weighted by atomic mass is 16.5. The van der Waals surface area contributed by atoms with Gasteiger partial charge in [-0.2, -0.15) is 0 Å². The summed E-state index contributed by atoms with van der Waals surface area (Å²) in [5, 5.41) is 8.93. The highest BCUT2D eigenvalue weighted by Gasteiger charge is 2.21. The molecule has 2 rings (SSSR count). The van der Waals surface area contributed by atoms with Crippen LogP contribution in [0.4, 0.5) is 0 Å². The Morgan fingerprint density at radius 2 is 2.00 bits per heavy atom. The van der Waals surface area contributed by atoms with Gasteiger partial charge < -0.3 is 14.6 Å². The number of benzene rings is 1. The fraction of sp³-hybridized carbons (Fsp3) is 0.600. The van der Waals surface area contributed by atoms with Crippen LogP contribution in [0.25, 0.3) is 0 Å². The van der Waals surface area contributed by atoms with Gasteiger partial charge in [-0.1, -0.05) is 0 Å². The van der Waals surface area contributed by atoms with Gasteiger partial charge in [0.2, 0.25) is 0 Å². The molecule has 0 radical (unpaired) electrons. The van der Waals surface area contributed by atoms with Crippen molar-refractivity contribution in [1.82, 2.24) is 4.90 Å². The van der Waals surface area contributed by atoms with Crippen molar-refractivity contribution in [2.24, 2.45) is 5.92 Å². The molecule has 1 aliphatic rings. The van der Waals surface area contributed by atoms with Crippen molar-refractivity contribution in [3.05, 3.63) is 24.3 Å². The first-order chi connectivity index (χ1) is 9.31. The highest BCUT2D eigenvalue weighted by Crippen LogP contribution is 2.19. The molecule has 1 N–H and O–H groups in total. The zero-order valence-electron chi connectivity index (χ0n) is 11.5. The van der Waals surface area contributed by atoms with Crippen LogP contribution in [0.5, 0.6) is 11.5 Å². The maximum absolute atomic E-state index is 8.93. The summed E-state index contributed by atoms with van der Waals surface area (Å²) in [6.45, 7) is 4.18. The number of aliphatic hydroxyl groups excluding tert-OH is 1. The van der Waals surface area contributed by atoms with E-state index in [2.05, 4.69) is 4.90 Å². The Balaban J connectivity index is 1.66. The number of hydrogen-bond donors (Lipinski definition) is 1. The number of methoxy groups -OCH3 is 1. The first-order valence-electron chi connectivity index (χ1n) is 6.92. The molecule has 1 fully saturated rings. The summed E-state index contributed by atoms with van der Waals surface area (Å²) in [5.41, 5.74) is 0. The second kappa shape index (κ2) is 7.36. The second-order valence-corrected chi connectivity index (χ2v) is 4.99. The number of ether oxygens (including phenoxy) is 2. The molecule has 0 saturated carbocycles. The first-order valence-corrected chi connectivity index (χ1v) is 6.92. The molecule has 1 heterocycles. The van der Waals surface area contributed by atoms with E-state index in [1.54, 1.807) is 7.11 Å². The molecule has 106 valence electrons. The standard InChI is InChI=1S/C15H23NO3/c1-18-14-2-4-15(5-3-14)19-11-9-16-8-6-13(12-16)7-10-17/h2-5,13,17H,6-12H2,1H3. The van der Waals surface area contributed by atoms with Crippen molar-refractivity contribution < 1.29 is 14.6 Å². The Kier molecular flexibility index (Phi) is 5.48. The zero-order valence-corrected chi connectivity index (χ0v) is 11.5. The topological polar surface area (TPSA) is 41.9 Å². The molecule has 1 aromatic rings. The molecule has 0 amide bonds.